The van der Waals surface area contributed by atoms with Crippen LogP contribution in [0.15, 0.2) is 24.3 Å². The monoisotopic (exact) mass is 206 g/mol. The van der Waals surface area contributed by atoms with E-state index in [1.165, 1.54) is 0 Å². The molecule has 1 heterocycles. The fourth-order valence-corrected chi connectivity index (χ4v) is 1.62. The summed E-state index contributed by atoms with van der Waals surface area (Å²) in [6.45, 7) is 0. The lowest BCUT2D eigenvalue weighted by molar-refractivity contribution is -0.118. The summed E-state index contributed by atoms with van der Waals surface area (Å²) < 4.78 is 0. The summed E-state index contributed by atoms with van der Waals surface area (Å²) >= 11 is 0. The van der Waals surface area contributed by atoms with Gasteiger partial charge >= 0.3 is 6.09 Å². The highest BCUT2D eigenvalue weighted by Gasteiger charge is 2.26. The molecule has 5 heteroatoms. The molecule has 0 saturated heterocycles. The number of rotatable bonds is 1. The zero-order chi connectivity index (χ0) is 10.8. The van der Waals surface area contributed by atoms with Gasteiger partial charge in [-0.25, -0.2) is 4.79 Å². The molecule has 0 saturated carbocycles. The predicted octanol–water partition coefficient (Wildman–Crippen LogP) is 0.817. The Hall–Kier alpha value is -2.04. The average molecular weight is 206 g/mol. The molecule has 78 valence electrons. The van der Waals surface area contributed by atoms with Crippen LogP contribution in [0.3, 0.4) is 0 Å². The Balaban J connectivity index is 2.22. The number of carbonyl (C=O) groups excluding carboxylic acids is 1. The first-order valence-electron chi connectivity index (χ1n) is 4.55. The Morgan fingerprint density at radius 3 is 2.93 bits per heavy atom. The van der Waals surface area contributed by atoms with Crippen LogP contribution in [0.4, 0.5) is 10.5 Å². The molecule has 1 aliphatic rings. The largest absolute Gasteiger partial charge is 0.465 e. The number of fused-ring (bicyclic) bond motifs is 1. The van der Waals surface area contributed by atoms with Crippen LogP contribution in [0.25, 0.3) is 0 Å². The molecule has 0 aliphatic carbocycles. The van der Waals surface area contributed by atoms with Crippen LogP contribution >= 0.6 is 0 Å². The van der Waals surface area contributed by atoms with Crippen molar-refractivity contribution >= 4 is 17.7 Å². The van der Waals surface area contributed by atoms with Gasteiger partial charge in [0.15, 0.2) is 0 Å². The minimum atomic E-state index is -1.19. The van der Waals surface area contributed by atoms with Gasteiger partial charge in [-0.3, -0.25) is 4.79 Å². The van der Waals surface area contributed by atoms with Gasteiger partial charge in [0.05, 0.1) is 0 Å². The fraction of sp³-hybridized carbons (Fsp3) is 0.200. The lowest BCUT2D eigenvalue weighted by atomic mass is 9.99. The fourth-order valence-electron chi connectivity index (χ4n) is 1.62. The summed E-state index contributed by atoms with van der Waals surface area (Å²) in [4.78, 5) is 21.9. The van der Waals surface area contributed by atoms with Gasteiger partial charge in [0.1, 0.15) is 6.04 Å². The molecular formula is C10H10N2O3. The van der Waals surface area contributed by atoms with Crippen molar-refractivity contribution in [3.8, 4) is 0 Å². The van der Waals surface area contributed by atoms with Gasteiger partial charge in [-0.1, -0.05) is 18.2 Å². The highest BCUT2D eigenvalue weighted by Crippen LogP contribution is 2.21. The van der Waals surface area contributed by atoms with E-state index in [1.807, 2.05) is 18.2 Å². The van der Waals surface area contributed by atoms with Gasteiger partial charge in [0.2, 0.25) is 5.91 Å². The lowest BCUT2D eigenvalue weighted by Gasteiger charge is -2.24. The van der Waals surface area contributed by atoms with E-state index in [1.54, 1.807) is 6.07 Å². The minimum absolute atomic E-state index is 0.309. The molecule has 0 bridgehead atoms. The van der Waals surface area contributed by atoms with Gasteiger partial charge < -0.3 is 15.7 Å². The van der Waals surface area contributed by atoms with Crippen LogP contribution < -0.4 is 10.6 Å². The Bertz CT molecular complexity index is 417. The third-order valence-electron chi connectivity index (χ3n) is 2.31. The SMILES string of the molecule is O=C(O)NC1Cc2ccccc2NC1=O. The van der Waals surface area contributed by atoms with Crippen molar-refractivity contribution in [3.05, 3.63) is 29.8 Å². The minimum Gasteiger partial charge on any atom is -0.465 e. The number of para-hydroxylation sites is 1. The molecule has 1 aliphatic heterocycles. The van der Waals surface area contributed by atoms with E-state index >= 15 is 0 Å². The number of hydrogen-bond acceptors (Lipinski definition) is 2. The van der Waals surface area contributed by atoms with Crippen LogP contribution in [0, 0.1) is 0 Å². The molecule has 15 heavy (non-hydrogen) atoms. The van der Waals surface area contributed by atoms with Gasteiger partial charge in [0.25, 0.3) is 0 Å². The Kier molecular flexibility index (Phi) is 2.29. The summed E-state index contributed by atoms with van der Waals surface area (Å²) in [5, 5.41) is 13.4. The first-order valence-corrected chi connectivity index (χ1v) is 4.55. The molecular weight excluding hydrogens is 196 g/mol. The maximum Gasteiger partial charge on any atom is 0.405 e. The smallest absolute Gasteiger partial charge is 0.405 e. The predicted molar refractivity (Wildman–Crippen MR) is 53.7 cm³/mol. The molecule has 0 fully saturated rings. The van der Waals surface area contributed by atoms with Crippen molar-refractivity contribution < 1.29 is 14.7 Å². The highest BCUT2D eigenvalue weighted by atomic mass is 16.4. The maximum atomic E-state index is 11.5. The third-order valence-corrected chi connectivity index (χ3v) is 2.31. The van der Waals surface area contributed by atoms with Gasteiger partial charge in [-0.15, -0.1) is 0 Å². The number of hydrogen-bond donors (Lipinski definition) is 3. The number of carbonyl (C=O) groups is 2. The standard InChI is InChI=1S/C10H10N2O3/c13-9-8(12-10(14)15)5-6-3-1-2-4-7(6)11-9/h1-4,8,12H,5H2,(H,11,13)(H,14,15). The first kappa shape index (κ1) is 9.51. The molecule has 1 aromatic carbocycles. The number of benzene rings is 1. The van der Waals surface area contributed by atoms with E-state index in [2.05, 4.69) is 10.6 Å². The number of amides is 2. The summed E-state index contributed by atoms with van der Waals surface area (Å²) in [5.74, 6) is -0.309. The van der Waals surface area contributed by atoms with Crippen molar-refractivity contribution in [3.63, 3.8) is 0 Å². The number of anilines is 1. The Morgan fingerprint density at radius 1 is 1.47 bits per heavy atom. The van der Waals surface area contributed by atoms with Crippen LogP contribution in [-0.2, 0) is 11.2 Å². The van der Waals surface area contributed by atoms with E-state index in [-0.39, 0.29) is 5.91 Å². The molecule has 0 aromatic heterocycles. The van der Waals surface area contributed by atoms with E-state index in [4.69, 9.17) is 5.11 Å². The summed E-state index contributed by atoms with van der Waals surface area (Å²) in [6, 6.07) is 6.64. The molecule has 5 nitrogen and oxygen atoms in total. The molecule has 3 N–H and O–H groups in total. The average Bonchev–Trinajstić information content (AvgIpc) is 2.18. The highest BCUT2D eigenvalue weighted by molar-refractivity contribution is 5.99. The van der Waals surface area contributed by atoms with Crippen LogP contribution in [0.1, 0.15) is 5.56 Å². The van der Waals surface area contributed by atoms with Crippen molar-refractivity contribution in [2.75, 3.05) is 5.32 Å². The maximum absolute atomic E-state index is 11.5. The van der Waals surface area contributed by atoms with Crippen molar-refractivity contribution in [2.24, 2.45) is 0 Å². The topological polar surface area (TPSA) is 78.4 Å². The molecule has 1 atom stereocenters. The summed E-state index contributed by atoms with van der Waals surface area (Å²) in [5.41, 5.74) is 1.70. The molecule has 2 amide bonds. The second-order valence-electron chi connectivity index (χ2n) is 3.35. The second-order valence-corrected chi connectivity index (χ2v) is 3.35. The molecule has 0 spiro atoms. The first-order chi connectivity index (χ1) is 7.16. The lowest BCUT2D eigenvalue weighted by Crippen LogP contribution is -2.47. The second kappa shape index (κ2) is 3.61. The zero-order valence-corrected chi connectivity index (χ0v) is 7.86. The molecule has 1 aromatic rings. The van der Waals surface area contributed by atoms with E-state index in [0.717, 1.165) is 11.3 Å². The quantitative estimate of drug-likeness (QED) is 0.636. The zero-order valence-electron chi connectivity index (χ0n) is 7.86. The summed E-state index contributed by atoms with van der Waals surface area (Å²) in [7, 11) is 0. The van der Waals surface area contributed by atoms with Crippen LogP contribution in [0.5, 0.6) is 0 Å². The van der Waals surface area contributed by atoms with Gasteiger partial charge in [-0.2, -0.15) is 0 Å². The normalized spacial score (nSPS) is 18.9. The molecule has 1 unspecified atom stereocenters. The third kappa shape index (κ3) is 1.90. The van der Waals surface area contributed by atoms with Crippen molar-refractivity contribution in [1.82, 2.24) is 5.32 Å². The van der Waals surface area contributed by atoms with E-state index in [9.17, 15) is 9.59 Å². The van der Waals surface area contributed by atoms with Crippen molar-refractivity contribution in [1.29, 1.82) is 0 Å². The van der Waals surface area contributed by atoms with E-state index < -0.39 is 12.1 Å². The Labute approximate surface area is 86.1 Å². The molecule has 2 rings (SSSR count). The number of nitrogens with one attached hydrogen (secondary N) is 2. The number of carboxylic acid groups (broad SMARTS) is 1. The van der Waals surface area contributed by atoms with Gasteiger partial charge in [0, 0.05) is 12.1 Å². The van der Waals surface area contributed by atoms with Gasteiger partial charge in [-0.05, 0) is 11.6 Å². The van der Waals surface area contributed by atoms with E-state index in [0.29, 0.717) is 6.42 Å². The van der Waals surface area contributed by atoms with Crippen LogP contribution in [-0.4, -0.2) is 23.1 Å². The van der Waals surface area contributed by atoms with Crippen LogP contribution in [0.2, 0.25) is 0 Å². The molecule has 0 radical (unpaired) electrons. The summed E-state index contributed by atoms with van der Waals surface area (Å²) in [6.07, 6.45) is -0.788. The van der Waals surface area contributed by atoms with Crippen molar-refractivity contribution in [2.45, 2.75) is 12.5 Å². The Morgan fingerprint density at radius 2 is 2.20 bits per heavy atom.